The van der Waals surface area contributed by atoms with Crippen LogP contribution in [0.4, 0.5) is 0 Å². The van der Waals surface area contributed by atoms with Gasteiger partial charge in [-0.2, -0.15) is 0 Å². The smallest absolute Gasteiger partial charge is 0.221 e. The number of hydrogen-bond donors (Lipinski definition) is 2. The van der Waals surface area contributed by atoms with Crippen LogP contribution in [0.3, 0.4) is 0 Å². The van der Waals surface area contributed by atoms with E-state index in [4.69, 9.17) is 5.73 Å². The molecule has 5 nitrogen and oxygen atoms in total. The van der Waals surface area contributed by atoms with Crippen molar-refractivity contribution in [3.8, 4) is 0 Å². The maximum Gasteiger partial charge on any atom is 0.221 e. The number of carbonyl (C=O) groups is 2. The van der Waals surface area contributed by atoms with Crippen LogP contribution in [0.5, 0.6) is 0 Å². The summed E-state index contributed by atoms with van der Waals surface area (Å²) in [4.78, 5) is 22.6. The third-order valence-corrected chi connectivity index (χ3v) is 3.94. The van der Waals surface area contributed by atoms with Gasteiger partial charge in [0.2, 0.25) is 11.8 Å². The van der Waals surface area contributed by atoms with Crippen molar-refractivity contribution in [1.82, 2.24) is 9.88 Å². The molecule has 0 aliphatic rings. The van der Waals surface area contributed by atoms with Gasteiger partial charge in [0.05, 0.1) is 0 Å². The lowest BCUT2D eigenvalue weighted by Crippen LogP contribution is -2.28. The van der Waals surface area contributed by atoms with Gasteiger partial charge in [-0.05, 0) is 12.1 Å². The van der Waals surface area contributed by atoms with E-state index in [0.29, 0.717) is 19.5 Å². The normalized spacial score (nSPS) is 11.0. The summed E-state index contributed by atoms with van der Waals surface area (Å²) in [6, 6.07) is 16.4. The third-order valence-electron chi connectivity index (χ3n) is 3.94. The minimum atomic E-state index is -0.410. The standard InChI is InChI=1S/C18H19N3O2/c19-17(22)9-11-20-18(23)10-12-21-15-7-3-1-5-13(15)14-6-2-4-8-16(14)21/h1-8H,9-12H2,(H2,19,22)(H,20,23). The molecule has 3 rings (SSSR count). The second-order valence-corrected chi connectivity index (χ2v) is 5.50. The summed E-state index contributed by atoms with van der Waals surface area (Å²) >= 11 is 0. The molecule has 0 aliphatic heterocycles. The highest BCUT2D eigenvalue weighted by Crippen LogP contribution is 2.28. The number of primary amides is 1. The number of amides is 2. The third kappa shape index (κ3) is 3.18. The molecule has 0 aliphatic carbocycles. The van der Waals surface area contributed by atoms with Crippen molar-refractivity contribution in [3.05, 3.63) is 48.5 Å². The second kappa shape index (κ2) is 6.52. The molecular weight excluding hydrogens is 290 g/mol. The van der Waals surface area contributed by atoms with Crippen LogP contribution in [0.15, 0.2) is 48.5 Å². The summed E-state index contributed by atoms with van der Waals surface area (Å²) in [5.74, 6) is -0.485. The van der Waals surface area contributed by atoms with Gasteiger partial charge in [-0.3, -0.25) is 9.59 Å². The minimum absolute atomic E-state index is 0.0758. The fraction of sp³-hybridized carbons (Fsp3) is 0.222. The molecule has 0 radical (unpaired) electrons. The van der Waals surface area contributed by atoms with Gasteiger partial charge in [0, 0.05) is 47.7 Å². The molecule has 1 aromatic heterocycles. The highest BCUT2D eigenvalue weighted by molar-refractivity contribution is 6.08. The summed E-state index contributed by atoms with van der Waals surface area (Å²) < 4.78 is 2.17. The van der Waals surface area contributed by atoms with Crippen LogP contribution in [0.1, 0.15) is 12.8 Å². The average molecular weight is 309 g/mol. The summed E-state index contributed by atoms with van der Waals surface area (Å²) in [7, 11) is 0. The van der Waals surface area contributed by atoms with Crippen LogP contribution in [0, 0.1) is 0 Å². The molecule has 3 N–H and O–H groups in total. The van der Waals surface area contributed by atoms with Crippen molar-refractivity contribution >= 4 is 33.6 Å². The average Bonchev–Trinajstić information content (AvgIpc) is 2.87. The van der Waals surface area contributed by atoms with E-state index in [0.717, 1.165) is 11.0 Å². The SMILES string of the molecule is NC(=O)CCNC(=O)CCn1c2ccccc2c2ccccc21. The molecule has 0 bridgehead atoms. The topological polar surface area (TPSA) is 77.1 Å². The molecule has 0 saturated heterocycles. The van der Waals surface area contributed by atoms with Crippen molar-refractivity contribution in [2.45, 2.75) is 19.4 Å². The molecular formula is C18H19N3O2. The van der Waals surface area contributed by atoms with Crippen LogP contribution in [-0.2, 0) is 16.1 Å². The molecule has 118 valence electrons. The quantitative estimate of drug-likeness (QED) is 0.732. The van der Waals surface area contributed by atoms with Gasteiger partial charge in [-0.15, -0.1) is 0 Å². The van der Waals surface area contributed by atoms with E-state index in [1.165, 1.54) is 10.8 Å². The largest absolute Gasteiger partial charge is 0.370 e. The summed E-state index contributed by atoms with van der Waals surface area (Å²) in [5, 5.41) is 5.10. The van der Waals surface area contributed by atoms with Gasteiger partial charge in [0.1, 0.15) is 0 Å². The first kappa shape index (κ1) is 15.1. The van der Waals surface area contributed by atoms with Crippen LogP contribution in [-0.4, -0.2) is 22.9 Å². The minimum Gasteiger partial charge on any atom is -0.370 e. The Morgan fingerprint density at radius 2 is 1.48 bits per heavy atom. The van der Waals surface area contributed by atoms with Crippen molar-refractivity contribution in [1.29, 1.82) is 0 Å². The van der Waals surface area contributed by atoms with Crippen molar-refractivity contribution in [2.75, 3.05) is 6.54 Å². The Hall–Kier alpha value is -2.82. The van der Waals surface area contributed by atoms with Gasteiger partial charge in [-0.25, -0.2) is 0 Å². The first-order chi connectivity index (χ1) is 11.2. The summed E-state index contributed by atoms with van der Waals surface area (Å²) in [6.07, 6.45) is 0.530. The monoisotopic (exact) mass is 309 g/mol. The number of nitrogens with zero attached hydrogens (tertiary/aromatic N) is 1. The zero-order chi connectivity index (χ0) is 16.2. The zero-order valence-electron chi connectivity index (χ0n) is 12.8. The fourth-order valence-corrected chi connectivity index (χ4v) is 2.87. The molecule has 0 spiro atoms. The van der Waals surface area contributed by atoms with E-state index < -0.39 is 5.91 Å². The number of aromatic nitrogens is 1. The predicted octanol–water partition coefficient (Wildman–Crippen LogP) is 2.18. The lowest BCUT2D eigenvalue weighted by molar-refractivity contribution is -0.121. The van der Waals surface area contributed by atoms with Crippen LogP contribution in [0.2, 0.25) is 0 Å². The van der Waals surface area contributed by atoms with Gasteiger partial charge < -0.3 is 15.6 Å². The molecule has 5 heteroatoms. The Labute approximate surface area is 134 Å². The van der Waals surface area contributed by atoms with E-state index in [-0.39, 0.29) is 12.3 Å². The van der Waals surface area contributed by atoms with Gasteiger partial charge in [0.15, 0.2) is 0 Å². The van der Waals surface area contributed by atoms with Crippen LogP contribution < -0.4 is 11.1 Å². The highest BCUT2D eigenvalue weighted by atomic mass is 16.2. The number of para-hydroxylation sites is 2. The maximum atomic E-state index is 11.9. The molecule has 23 heavy (non-hydrogen) atoms. The number of fused-ring (bicyclic) bond motifs is 3. The second-order valence-electron chi connectivity index (χ2n) is 5.50. The van der Waals surface area contributed by atoms with Crippen molar-refractivity contribution < 1.29 is 9.59 Å². The number of rotatable bonds is 6. The lowest BCUT2D eigenvalue weighted by Gasteiger charge is -2.08. The molecule has 1 heterocycles. The number of benzene rings is 2. The van der Waals surface area contributed by atoms with E-state index in [2.05, 4.69) is 34.1 Å². The van der Waals surface area contributed by atoms with Gasteiger partial charge in [0.25, 0.3) is 0 Å². The molecule has 2 aromatic carbocycles. The predicted molar refractivity (Wildman–Crippen MR) is 90.9 cm³/mol. The van der Waals surface area contributed by atoms with E-state index >= 15 is 0 Å². The Morgan fingerprint density at radius 1 is 0.913 bits per heavy atom. The zero-order valence-corrected chi connectivity index (χ0v) is 12.8. The van der Waals surface area contributed by atoms with Gasteiger partial charge >= 0.3 is 0 Å². The number of nitrogens with two attached hydrogens (primary N) is 1. The lowest BCUT2D eigenvalue weighted by atomic mass is 10.2. The van der Waals surface area contributed by atoms with E-state index in [1.807, 2.05) is 24.3 Å². The number of aryl methyl sites for hydroxylation is 1. The number of hydrogen-bond acceptors (Lipinski definition) is 2. The molecule has 0 fully saturated rings. The Bertz CT molecular complexity index is 814. The number of nitrogens with one attached hydrogen (secondary N) is 1. The molecule has 0 atom stereocenters. The Morgan fingerprint density at radius 3 is 2.04 bits per heavy atom. The molecule has 3 aromatic rings. The highest BCUT2D eigenvalue weighted by Gasteiger charge is 2.10. The fourth-order valence-electron chi connectivity index (χ4n) is 2.87. The first-order valence-electron chi connectivity index (χ1n) is 7.68. The molecule has 0 saturated carbocycles. The first-order valence-corrected chi connectivity index (χ1v) is 7.68. The van der Waals surface area contributed by atoms with Crippen molar-refractivity contribution in [3.63, 3.8) is 0 Å². The van der Waals surface area contributed by atoms with E-state index in [1.54, 1.807) is 0 Å². The van der Waals surface area contributed by atoms with Crippen molar-refractivity contribution in [2.24, 2.45) is 5.73 Å². The molecule has 2 amide bonds. The molecule has 0 unspecified atom stereocenters. The number of carbonyl (C=O) groups excluding carboxylic acids is 2. The summed E-state index contributed by atoms with van der Waals surface area (Å²) in [5.41, 5.74) is 7.31. The Balaban J connectivity index is 1.79. The van der Waals surface area contributed by atoms with Crippen LogP contribution in [0.25, 0.3) is 21.8 Å². The summed E-state index contributed by atoms with van der Waals surface area (Å²) in [6.45, 7) is 0.887. The Kier molecular flexibility index (Phi) is 4.28. The van der Waals surface area contributed by atoms with Gasteiger partial charge in [-0.1, -0.05) is 36.4 Å². The van der Waals surface area contributed by atoms with E-state index in [9.17, 15) is 9.59 Å². The maximum absolute atomic E-state index is 11.9. The van der Waals surface area contributed by atoms with Crippen LogP contribution >= 0.6 is 0 Å².